The molecule has 4 heteroatoms. The van der Waals surface area contributed by atoms with Crippen LogP contribution in [0.4, 0.5) is 0 Å². The second-order valence-electron chi connectivity index (χ2n) is 8.70. The fraction of sp³-hybridized carbons (Fsp3) is 0.500. The molecule has 0 heterocycles. The molecule has 0 bridgehead atoms. The lowest BCUT2D eigenvalue weighted by molar-refractivity contribution is 0.0448. The second kappa shape index (κ2) is 10.3. The Kier molecular flexibility index (Phi) is 7.33. The summed E-state index contributed by atoms with van der Waals surface area (Å²) in [7, 11) is 0. The van der Waals surface area contributed by atoms with Gasteiger partial charge < -0.3 is 9.64 Å². The van der Waals surface area contributed by atoms with Crippen molar-refractivity contribution in [2.45, 2.75) is 82.9 Å². The Hall–Kier alpha value is -2.00. The number of benzene rings is 2. The SMILES string of the molecule is O=C(c1ccc(OCc2ccccc2Cl)cc1)N(C1CCCCC1)C1CCCCC1. The Bertz CT molecular complexity index is 805. The predicted molar refractivity (Wildman–Crippen MR) is 122 cm³/mol. The number of carbonyl (C=O) groups is 1. The first-order chi connectivity index (χ1) is 14.7. The highest BCUT2D eigenvalue weighted by molar-refractivity contribution is 6.31. The van der Waals surface area contributed by atoms with Gasteiger partial charge in [-0.25, -0.2) is 0 Å². The van der Waals surface area contributed by atoms with Crippen molar-refractivity contribution in [3.8, 4) is 5.75 Å². The van der Waals surface area contributed by atoms with Crippen LogP contribution in [0.25, 0.3) is 0 Å². The van der Waals surface area contributed by atoms with E-state index in [0.717, 1.165) is 42.6 Å². The van der Waals surface area contributed by atoms with Gasteiger partial charge in [0, 0.05) is 28.2 Å². The van der Waals surface area contributed by atoms with E-state index < -0.39 is 0 Å². The molecule has 2 aliphatic carbocycles. The van der Waals surface area contributed by atoms with E-state index in [-0.39, 0.29) is 5.91 Å². The maximum atomic E-state index is 13.5. The third-order valence-corrected chi connectivity index (χ3v) is 6.99. The van der Waals surface area contributed by atoms with E-state index >= 15 is 0 Å². The molecule has 4 rings (SSSR count). The highest BCUT2D eigenvalue weighted by Gasteiger charge is 2.32. The molecule has 2 saturated carbocycles. The zero-order chi connectivity index (χ0) is 20.8. The van der Waals surface area contributed by atoms with E-state index in [9.17, 15) is 4.79 Å². The predicted octanol–water partition coefficient (Wildman–Crippen LogP) is 7.03. The molecule has 3 nitrogen and oxygen atoms in total. The standard InChI is InChI=1S/C26H32ClNO2/c27-25-14-8-7-9-21(25)19-30-24-17-15-20(16-18-24)26(29)28(22-10-3-1-4-11-22)23-12-5-2-6-13-23/h7-9,14-18,22-23H,1-6,10-13,19H2. The van der Waals surface area contributed by atoms with Gasteiger partial charge in [0.05, 0.1) is 0 Å². The van der Waals surface area contributed by atoms with Crippen LogP contribution in [-0.4, -0.2) is 22.9 Å². The Morgan fingerprint density at radius 1 is 0.833 bits per heavy atom. The minimum atomic E-state index is 0.200. The van der Waals surface area contributed by atoms with E-state index in [0.29, 0.717) is 23.7 Å². The molecule has 2 aromatic carbocycles. The van der Waals surface area contributed by atoms with Gasteiger partial charge in [-0.15, -0.1) is 0 Å². The Labute approximate surface area is 185 Å². The van der Waals surface area contributed by atoms with Gasteiger partial charge in [-0.3, -0.25) is 4.79 Å². The average Bonchev–Trinajstić information content (AvgIpc) is 2.80. The van der Waals surface area contributed by atoms with Gasteiger partial charge in [-0.05, 0) is 56.0 Å². The van der Waals surface area contributed by atoms with E-state index in [4.69, 9.17) is 16.3 Å². The summed E-state index contributed by atoms with van der Waals surface area (Å²) in [6.07, 6.45) is 12.2. The lowest BCUT2D eigenvalue weighted by Gasteiger charge is -2.42. The first-order valence-electron chi connectivity index (χ1n) is 11.5. The van der Waals surface area contributed by atoms with Crippen molar-refractivity contribution < 1.29 is 9.53 Å². The lowest BCUT2D eigenvalue weighted by atomic mass is 9.88. The van der Waals surface area contributed by atoms with E-state index in [1.54, 1.807) is 0 Å². The molecule has 2 fully saturated rings. The fourth-order valence-corrected chi connectivity index (χ4v) is 5.16. The summed E-state index contributed by atoms with van der Waals surface area (Å²) in [5.74, 6) is 0.958. The largest absolute Gasteiger partial charge is 0.489 e. The molecule has 2 aliphatic rings. The Morgan fingerprint density at radius 2 is 1.40 bits per heavy atom. The normalized spacial score (nSPS) is 18.2. The summed E-state index contributed by atoms with van der Waals surface area (Å²) in [6.45, 7) is 0.420. The zero-order valence-corrected chi connectivity index (χ0v) is 18.4. The molecule has 2 aromatic rings. The number of hydrogen-bond donors (Lipinski definition) is 0. The summed E-state index contributed by atoms with van der Waals surface area (Å²) < 4.78 is 5.89. The van der Waals surface area contributed by atoms with Gasteiger partial charge in [0.15, 0.2) is 0 Å². The van der Waals surface area contributed by atoms with Crippen LogP contribution in [0.15, 0.2) is 48.5 Å². The van der Waals surface area contributed by atoms with Gasteiger partial charge in [0.1, 0.15) is 12.4 Å². The Balaban J connectivity index is 1.45. The quantitative estimate of drug-likeness (QED) is 0.497. The third-order valence-electron chi connectivity index (χ3n) is 6.62. The molecule has 0 spiro atoms. The van der Waals surface area contributed by atoms with Gasteiger partial charge in [0.2, 0.25) is 0 Å². The number of halogens is 1. The second-order valence-corrected chi connectivity index (χ2v) is 9.11. The molecular weight excluding hydrogens is 394 g/mol. The van der Waals surface area contributed by atoms with E-state index in [1.165, 1.54) is 38.5 Å². The average molecular weight is 426 g/mol. The maximum Gasteiger partial charge on any atom is 0.254 e. The summed E-state index contributed by atoms with van der Waals surface area (Å²) >= 11 is 6.21. The topological polar surface area (TPSA) is 29.5 Å². The molecule has 160 valence electrons. The minimum absolute atomic E-state index is 0.200. The minimum Gasteiger partial charge on any atom is -0.489 e. The van der Waals surface area contributed by atoms with Gasteiger partial charge >= 0.3 is 0 Å². The number of carbonyl (C=O) groups excluding carboxylic acids is 1. The lowest BCUT2D eigenvalue weighted by Crippen LogP contribution is -2.48. The van der Waals surface area contributed by atoms with Gasteiger partial charge in [0.25, 0.3) is 5.91 Å². The third kappa shape index (κ3) is 5.18. The van der Waals surface area contributed by atoms with Crippen LogP contribution in [0, 0.1) is 0 Å². The highest BCUT2D eigenvalue weighted by atomic mass is 35.5. The van der Waals surface area contributed by atoms with Crippen molar-refractivity contribution in [1.29, 1.82) is 0 Å². The molecule has 0 radical (unpaired) electrons. The van der Waals surface area contributed by atoms with Crippen LogP contribution in [0.1, 0.15) is 80.1 Å². The van der Waals surface area contributed by atoms with Crippen molar-refractivity contribution in [2.24, 2.45) is 0 Å². The van der Waals surface area contributed by atoms with Crippen molar-refractivity contribution in [1.82, 2.24) is 4.90 Å². The van der Waals surface area contributed by atoms with Crippen LogP contribution < -0.4 is 4.74 Å². The number of nitrogens with zero attached hydrogens (tertiary/aromatic N) is 1. The van der Waals surface area contributed by atoms with Gasteiger partial charge in [-0.1, -0.05) is 68.3 Å². The molecule has 0 unspecified atom stereocenters. The highest BCUT2D eigenvalue weighted by Crippen LogP contribution is 2.32. The molecule has 0 N–H and O–H groups in total. The van der Waals surface area contributed by atoms with Crippen LogP contribution in [0.2, 0.25) is 5.02 Å². The maximum absolute atomic E-state index is 13.5. The molecule has 0 aliphatic heterocycles. The van der Waals surface area contributed by atoms with Crippen LogP contribution in [-0.2, 0) is 6.61 Å². The first kappa shape index (κ1) is 21.2. The van der Waals surface area contributed by atoms with Gasteiger partial charge in [-0.2, -0.15) is 0 Å². The fourth-order valence-electron chi connectivity index (χ4n) is 4.97. The molecule has 0 saturated heterocycles. The van der Waals surface area contributed by atoms with Crippen molar-refractivity contribution in [3.63, 3.8) is 0 Å². The van der Waals surface area contributed by atoms with E-state index in [2.05, 4.69) is 4.90 Å². The smallest absolute Gasteiger partial charge is 0.254 e. The van der Waals surface area contributed by atoms with Crippen LogP contribution in [0.5, 0.6) is 5.75 Å². The molecule has 0 aromatic heterocycles. The number of ether oxygens (including phenoxy) is 1. The number of hydrogen-bond acceptors (Lipinski definition) is 2. The summed E-state index contributed by atoms with van der Waals surface area (Å²) in [5.41, 5.74) is 1.73. The van der Waals surface area contributed by atoms with Crippen LogP contribution >= 0.6 is 11.6 Å². The molecular formula is C26H32ClNO2. The van der Waals surface area contributed by atoms with Crippen molar-refractivity contribution in [2.75, 3.05) is 0 Å². The summed E-state index contributed by atoms with van der Waals surface area (Å²) in [4.78, 5) is 15.8. The Morgan fingerprint density at radius 3 is 1.97 bits per heavy atom. The summed E-state index contributed by atoms with van der Waals surface area (Å²) in [6, 6.07) is 16.2. The molecule has 30 heavy (non-hydrogen) atoms. The van der Waals surface area contributed by atoms with Crippen molar-refractivity contribution in [3.05, 3.63) is 64.7 Å². The number of rotatable bonds is 6. The first-order valence-corrected chi connectivity index (χ1v) is 11.9. The van der Waals surface area contributed by atoms with Crippen molar-refractivity contribution >= 4 is 17.5 Å². The summed E-state index contributed by atoms with van der Waals surface area (Å²) in [5, 5.41) is 0.708. The zero-order valence-electron chi connectivity index (χ0n) is 17.7. The monoisotopic (exact) mass is 425 g/mol. The molecule has 0 atom stereocenters. The molecule has 1 amide bonds. The number of amides is 1. The van der Waals surface area contributed by atoms with Crippen LogP contribution in [0.3, 0.4) is 0 Å². The van der Waals surface area contributed by atoms with E-state index in [1.807, 2.05) is 48.5 Å².